The van der Waals surface area contributed by atoms with Gasteiger partial charge in [-0.15, -0.1) is 0 Å². The Labute approximate surface area is 348 Å². The van der Waals surface area contributed by atoms with Crippen molar-refractivity contribution < 1.29 is 27.0 Å². The van der Waals surface area contributed by atoms with Crippen molar-refractivity contribution in [2.24, 2.45) is 44.7 Å². The first-order valence-electron chi connectivity index (χ1n) is 20.8. The molecule has 3 aromatic carbocycles. The summed E-state index contributed by atoms with van der Waals surface area (Å²) in [6, 6.07) is 25.4. The standard InChI is InChI=1S/2C20H30N2O3S.C6H6/c2*1-14-7-9-15(10-8-14)26(24,25)22-21-17-6-5-12-19(2,3)16-11-13-20(4,23)18(16)17;1-2-4-6-5-3-1/h2*7-10,16,18,22-23H,5-6,11-13H2,1-4H3;1-6H/b2*21-17+;/t2*16-,18-,20-;/m11./s1. The second-order valence-corrected chi connectivity index (χ2v) is 22.1. The van der Waals surface area contributed by atoms with Gasteiger partial charge in [0.2, 0.25) is 0 Å². The van der Waals surface area contributed by atoms with E-state index in [0.717, 1.165) is 86.8 Å². The van der Waals surface area contributed by atoms with Gasteiger partial charge in [-0.25, -0.2) is 9.66 Å². The Morgan fingerprint density at radius 2 is 0.845 bits per heavy atom. The first-order valence-corrected chi connectivity index (χ1v) is 23.8. The van der Waals surface area contributed by atoms with Crippen LogP contribution in [0, 0.1) is 48.3 Å². The molecule has 4 N–H and O–H groups in total. The van der Waals surface area contributed by atoms with Crippen molar-refractivity contribution in [3.8, 4) is 0 Å². The average molecular weight is 835 g/mol. The Hall–Kier alpha value is -3.58. The van der Waals surface area contributed by atoms with Crippen LogP contribution < -0.4 is 9.66 Å². The molecule has 0 radical (unpaired) electrons. The molecule has 4 saturated carbocycles. The molecule has 12 heteroatoms. The van der Waals surface area contributed by atoms with Gasteiger partial charge in [0.05, 0.1) is 21.0 Å². The molecule has 4 aliphatic rings. The number of aryl methyl sites for hydroxylation is 2. The first kappa shape index (κ1) is 45.5. The summed E-state index contributed by atoms with van der Waals surface area (Å²) >= 11 is 0. The van der Waals surface area contributed by atoms with E-state index < -0.39 is 31.2 Å². The van der Waals surface area contributed by atoms with E-state index in [4.69, 9.17) is 0 Å². The maximum absolute atomic E-state index is 12.6. The Morgan fingerprint density at radius 3 is 1.16 bits per heavy atom. The minimum absolute atomic E-state index is 0.0966. The Morgan fingerprint density at radius 1 is 0.534 bits per heavy atom. The molecule has 7 rings (SSSR count). The van der Waals surface area contributed by atoms with E-state index in [-0.39, 0.29) is 32.5 Å². The summed E-state index contributed by atoms with van der Waals surface area (Å²) in [4.78, 5) is 5.25. The van der Waals surface area contributed by atoms with Crippen molar-refractivity contribution in [1.82, 2.24) is 9.66 Å². The predicted molar refractivity (Wildman–Crippen MR) is 233 cm³/mol. The maximum Gasteiger partial charge on any atom is 0.276 e. The molecule has 0 amide bonds. The second-order valence-electron chi connectivity index (χ2n) is 18.8. The van der Waals surface area contributed by atoms with Crippen molar-refractivity contribution in [3.05, 3.63) is 96.1 Å². The second kappa shape index (κ2) is 18.0. The Bertz CT molecular complexity index is 1950. The van der Waals surface area contributed by atoms with Crippen LogP contribution >= 0.6 is 0 Å². The van der Waals surface area contributed by atoms with E-state index in [9.17, 15) is 27.0 Å². The summed E-state index contributed by atoms with van der Waals surface area (Å²) in [6.07, 6.45) is 8.85. The zero-order valence-corrected chi connectivity index (χ0v) is 37.3. The van der Waals surface area contributed by atoms with E-state index in [1.165, 1.54) is 0 Å². The summed E-state index contributed by atoms with van der Waals surface area (Å²) in [5.41, 5.74) is 2.17. The zero-order valence-electron chi connectivity index (χ0n) is 35.7. The number of fused-ring (bicyclic) bond motifs is 2. The molecule has 3 aromatic rings. The molecule has 4 fully saturated rings. The third-order valence-corrected chi connectivity index (χ3v) is 15.7. The molecule has 4 aliphatic carbocycles. The molecule has 0 aliphatic heterocycles. The summed E-state index contributed by atoms with van der Waals surface area (Å²) in [5, 5.41) is 30.5. The fraction of sp³-hybridized carbons (Fsp3) is 0.565. The smallest absolute Gasteiger partial charge is 0.276 e. The van der Waals surface area contributed by atoms with Crippen LogP contribution in [0.2, 0.25) is 0 Å². The van der Waals surface area contributed by atoms with Crippen LogP contribution in [0.25, 0.3) is 0 Å². The fourth-order valence-corrected chi connectivity index (χ4v) is 11.5. The highest BCUT2D eigenvalue weighted by Crippen LogP contribution is 2.54. The third-order valence-electron chi connectivity index (χ3n) is 13.2. The molecule has 6 atom stereocenters. The number of hydrazone groups is 2. The SMILES string of the molecule is Cc1ccc(S(=O)(=O)N/N=C2\CCCC(C)(C)[C@@H]3CC[C@@](C)(O)[C@@H]23)cc1.Cc1ccc(S(=O)(=O)N/N=C2\CCCC(C)(C)[C@@H]3CC[C@@](C)(O)[C@@H]23)cc1.c1ccccc1. The van der Waals surface area contributed by atoms with Crippen molar-refractivity contribution in [1.29, 1.82) is 0 Å². The number of hydrogen-bond donors (Lipinski definition) is 4. The Balaban J connectivity index is 0.000000193. The quantitative estimate of drug-likeness (QED) is 0.182. The molecule has 0 unspecified atom stereocenters. The summed E-state index contributed by atoms with van der Waals surface area (Å²) in [6.45, 7) is 16.6. The van der Waals surface area contributed by atoms with Crippen LogP contribution in [0.5, 0.6) is 0 Å². The lowest BCUT2D eigenvalue weighted by molar-refractivity contribution is 0.0240. The largest absolute Gasteiger partial charge is 0.389 e. The highest BCUT2D eigenvalue weighted by atomic mass is 32.2. The van der Waals surface area contributed by atoms with Gasteiger partial charge in [-0.05, 0) is 139 Å². The van der Waals surface area contributed by atoms with Crippen LogP contribution in [-0.4, -0.2) is 49.7 Å². The third kappa shape index (κ3) is 11.0. The fourth-order valence-electron chi connectivity index (χ4n) is 9.82. The number of benzene rings is 3. The lowest BCUT2D eigenvalue weighted by Crippen LogP contribution is -2.41. The minimum Gasteiger partial charge on any atom is -0.389 e. The van der Waals surface area contributed by atoms with Gasteiger partial charge in [0, 0.05) is 23.3 Å². The monoisotopic (exact) mass is 834 g/mol. The molecule has 0 aromatic heterocycles. The molecular weight excluding hydrogens is 769 g/mol. The first-order chi connectivity index (χ1) is 27.1. The van der Waals surface area contributed by atoms with Gasteiger partial charge in [-0.2, -0.15) is 27.0 Å². The minimum atomic E-state index is -3.70. The topological polar surface area (TPSA) is 158 Å². The lowest BCUT2D eigenvalue weighted by atomic mass is 9.70. The van der Waals surface area contributed by atoms with Crippen LogP contribution in [0.3, 0.4) is 0 Å². The molecular formula is C46H66N4O6S2. The number of rotatable bonds is 6. The van der Waals surface area contributed by atoms with E-state index in [1.54, 1.807) is 48.5 Å². The van der Waals surface area contributed by atoms with E-state index in [1.807, 2.05) is 64.1 Å². The lowest BCUT2D eigenvalue weighted by Gasteiger charge is -2.36. The van der Waals surface area contributed by atoms with E-state index in [2.05, 4.69) is 47.6 Å². The summed E-state index contributed by atoms with van der Waals surface area (Å²) < 4.78 is 50.3. The zero-order chi connectivity index (χ0) is 42.6. The molecule has 318 valence electrons. The molecule has 10 nitrogen and oxygen atoms in total. The number of sulfonamides is 2. The van der Waals surface area contributed by atoms with Gasteiger partial charge in [0.25, 0.3) is 20.0 Å². The average Bonchev–Trinajstić information content (AvgIpc) is 3.57. The van der Waals surface area contributed by atoms with Crippen molar-refractivity contribution in [3.63, 3.8) is 0 Å². The van der Waals surface area contributed by atoms with Gasteiger partial charge in [-0.3, -0.25) is 0 Å². The van der Waals surface area contributed by atoms with Crippen LogP contribution in [0.4, 0.5) is 0 Å². The van der Waals surface area contributed by atoms with Crippen LogP contribution in [0.1, 0.15) is 117 Å². The molecule has 0 saturated heterocycles. The molecule has 0 bridgehead atoms. The summed E-state index contributed by atoms with van der Waals surface area (Å²) in [7, 11) is -7.40. The van der Waals surface area contributed by atoms with Gasteiger partial charge < -0.3 is 10.2 Å². The van der Waals surface area contributed by atoms with Crippen molar-refractivity contribution in [2.75, 3.05) is 0 Å². The van der Waals surface area contributed by atoms with E-state index in [0.29, 0.717) is 11.8 Å². The predicted octanol–water partition coefficient (Wildman–Crippen LogP) is 8.92. The van der Waals surface area contributed by atoms with Crippen molar-refractivity contribution >= 4 is 31.5 Å². The van der Waals surface area contributed by atoms with Crippen LogP contribution in [-0.2, 0) is 20.0 Å². The Kier molecular flexibility index (Phi) is 14.1. The molecule has 0 heterocycles. The number of hydrogen-bond acceptors (Lipinski definition) is 8. The number of nitrogens with zero attached hydrogens (tertiary/aromatic N) is 2. The maximum atomic E-state index is 12.6. The highest BCUT2D eigenvalue weighted by Gasteiger charge is 2.54. The molecule has 0 spiro atoms. The number of aliphatic hydroxyl groups is 2. The summed E-state index contributed by atoms with van der Waals surface area (Å²) in [5.74, 6) is 0.451. The number of nitrogens with one attached hydrogen (secondary N) is 2. The molecule has 58 heavy (non-hydrogen) atoms. The van der Waals surface area contributed by atoms with E-state index >= 15 is 0 Å². The van der Waals surface area contributed by atoms with Gasteiger partial charge in [-0.1, -0.05) is 99.5 Å². The van der Waals surface area contributed by atoms with Crippen molar-refractivity contribution in [2.45, 2.75) is 141 Å². The normalized spacial score (nSPS) is 30.3. The van der Waals surface area contributed by atoms with Crippen LogP contribution in [0.15, 0.2) is 105 Å². The van der Waals surface area contributed by atoms with Gasteiger partial charge in [0.1, 0.15) is 0 Å². The highest BCUT2D eigenvalue weighted by molar-refractivity contribution is 7.89. The van der Waals surface area contributed by atoms with Gasteiger partial charge in [0.15, 0.2) is 0 Å². The van der Waals surface area contributed by atoms with Gasteiger partial charge >= 0.3 is 0 Å².